The van der Waals surface area contributed by atoms with Gasteiger partial charge in [-0.3, -0.25) is 19.2 Å². The number of carboxylic acid groups (broad SMARTS) is 1. The van der Waals surface area contributed by atoms with Crippen molar-refractivity contribution in [1.82, 2.24) is 5.32 Å². The molecule has 0 aliphatic rings. The van der Waals surface area contributed by atoms with Gasteiger partial charge in [-0.25, -0.2) is 4.79 Å². The van der Waals surface area contributed by atoms with Gasteiger partial charge in [0.2, 0.25) is 0 Å². The van der Waals surface area contributed by atoms with Crippen LogP contribution >= 0.6 is 0 Å². The van der Waals surface area contributed by atoms with E-state index in [0.717, 1.165) is 0 Å². The number of carbonyl (C=O) groups excluding carboxylic acids is 4. The van der Waals surface area contributed by atoms with Gasteiger partial charge in [0.25, 0.3) is 5.91 Å². The van der Waals surface area contributed by atoms with Crippen LogP contribution in [0.4, 0.5) is 0 Å². The molecule has 0 aliphatic carbocycles. The lowest BCUT2D eigenvalue weighted by atomic mass is 9.95. The number of benzene rings is 1. The monoisotopic (exact) mass is 409 g/mol. The molecule has 0 unspecified atom stereocenters. The molecule has 0 fully saturated rings. The van der Waals surface area contributed by atoms with Crippen molar-refractivity contribution in [3.8, 4) is 5.75 Å². The minimum absolute atomic E-state index is 0.0317. The van der Waals surface area contributed by atoms with Crippen molar-refractivity contribution < 1.29 is 43.3 Å². The smallest absolute Gasteiger partial charge is 0.327 e. The molecule has 0 saturated carbocycles. The Kier molecular flexibility index (Phi) is 9.30. The molecular formula is C19H23NO9. The average molecular weight is 409 g/mol. The molecule has 10 heteroatoms. The van der Waals surface area contributed by atoms with Gasteiger partial charge in [0, 0.05) is 12.5 Å². The van der Waals surface area contributed by atoms with Crippen LogP contribution in [0.25, 0.3) is 0 Å². The van der Waals surface area contributed by atoms with Gasteiger partial charge in [0.05, 0.1) is 25.6 Å². The highest BCUT2D eigenvalue weighted by atomic mass is 16.5. The van der Waals surface area contributed by atoms with Gasteiger partial charge in [-0.05, 0) is 38.1 Å². The van der Waals surface area contributed by atoms with Gasteiger partial charge in [-0.15, -0.1) is 0 Å². The topological polar surface area (TPSA) is 145 Å². The summed E-state index contributed by atoms with van der Waals surface area (Å²) in [5.41, 5.74) is 0.0610. The maximum Gasteiger partial charge on any atom is 0.327 e. The molecule has 1 aromatic carbocycles. The number of ether oxygens (including phenoxy) is 3. The number of rotatable bonds is 10. The Morgan fingerprint density at radius 2 is 1.59 bits per heavy atom. The number of carbonyl (C=O) groups is 5. The predicted octanol–water partition coefficient (Wildman–Crippen LogP) is 0.927. The molecule has 29 heavy (non-hydrogen) atoms. The van der Waals surface area contributed by atoms with E-state index in [2.05, 4.69) is 5.32 Å². The molecule has 0 saturated heterocycles. The van der Waals surface area contributed by atoms with Crippen molar-refractivity contribution in [3.05, 3.63) is 29.8 Å². The summed E-state index contributed by atoms with van der Waals surface area (Å²) in [7, 11) is 0. The first kappa shape index (κ1) is 23.6. The quantitative estimate of drug-likeness (QED) is 0.425. The third kappa shape index (κ3) is 7.60. The van der Waals surface area contributed by atoms with E-state index in [9.17, 15) is 29.1 Å². The van der Waals surface area contributed by atoms with Crippen LogP contribution in [0.1, 0.15) is 37.6 Å². The van der Waals surface area contributed by atoms with Crippen LogP contribution in [-0.2, 0) is 28.7 Å². The molecule has 0 aliphatic heterocycles. The molecule has 2 N–H and O–H groups in total. The Balaban J connectivity index is 3.03. The van der Waals surface area contributed by atoms with E-state index in [0.29, 0.717) is 0 Å². The zero-order valence-corrected chi connectivity index (χ0v) is 16.3. The minimum Gasteiger partial charge on any atom is -0.480 e. The van der Waals surface area contributed by atoms with Crippen molar-refractivity contribution in [3.63, 3.8) is 0 Å². The number of hydrogen-bond donors (Lipinski definition) is 2. The highest BCUT2D eigenvalue weighted by Gasteiger charge is 2.38. The van der Waals surface area contributed by atoms with Crippen LogP contribution in [0.2, 0.25) is 0 Å². The van der Waals surface area contributed by atoms with Crippen molar-refractivity contribution in [2.45, 2.75) is 33.2 Å². The lowest BCUT2D eigenvalue weighted by molar-refractivity contribution is -0.159. The van der Waals surface area contributed by atoms with E-state index in [1.165, 1.54) is 38.1 Å². The Hall–Kier alpha value is -3.43. The molecule has 10 nitrogen and oxygen atoms in total. The number of esters is 3. The van der Waals surface area contributed by atoms with E-state index in [-0.39, 0.29) is 24.5 Å². The summed E-state index contributed by atoms with van der Waals surface area (Å²) >= 11 is 0. The molecule has 0 spiro atoms. The van der Waals surface area contributed by atoms with Crippen molar-refractivity contribution >= 4 is 29.8 Å². The second kappa shape index (κ2) is 11.4. The SMILES string of the molecule is CCOC(=O)C[C@H](C(=O)OCC)[C@H](NC(=O)c1ccc(OC(C)=O)cc1)C(=O)O. The minimum atomic E-state index is -1.72. The number of hydrogen-bond acceptors (Lipinski definition) is 8. The van der Waals surface area contributed by atoms with Crippen molar-refractivity contribution in [1.29, 1.82) is 0 Å². The fourth-order valence-corrected chi connectivity index (χ4v) is 2.39. The average Bonchev–Trinajstić information content (AvgIpc) is 2.64. The summed E-state index contributed by atoms with van der Waals surface area (Å²) in [6.45, 7) is 4.33. The van der Waals surface area contributed by atoms with E-state index in [1.807, 2.05) is 0 Å². The molecule has 1 rings (SSSR count). The van der Waals surface area contributed by atoms with Gasteiger partial charge in [0.15, 0.2) is 0 Å². The second-order valence-electron chi connectivity index (χ2n) is 5.78. The fourth-order valence-electron chi connectivity index (χ4n) is 2.39. The molecule has 0 aromatic heterocycles. The maximum absolute atomic E-state index is 12.4. The summed E-state index contributed by atoms with van der Waals surface area (Å²) in [6, 6.07) is 3.62. The zero-order chi connectivity index (χ0) is 22.0. The summed E-state index contributed by atoms with van der Waals surface area (Å²) in [5, 5.41) is 11.7. The third-order valence-electron chi connectivity index (χ3n) is 3.61. The largest absolute Gasteiger partial charge is 0.480 e. The summed E-state index contributed by atoms with van der Waals surface area (Å²) < 4.78 is 14.5. The highest BCUT2D eigenvalue weighted by molar-refractivity contribution is 5.98. The molecule has 0 heterocycles. The van der Waals surface area contributed by atoms with Gasteiger partial charge in [-0.2, -0.15) is 0 Å². The van der Waals surface area contributed by atoms with E-state index >= 15 is 0 Å². The Bertz CT molecular complexity index is 757. The number of aliphatic carboxylic acids is 1. The van der Waals surface area contributed by atoms with Gasteiger partial charge >= 0.3 is 23.9 Å². The van der Waals surface area contributed by atoms with Crippen molar-refractivity contribution in [2.24, 2.45) is 5.92 Å². The van der Waals surface area contributed by atoms with E-state index < -0.39 is 48.2 Å². The van der Waals surface area contributed by atoms with E-state index in [4.69, 9.17) is 14.2 Å². The van der Waals surface area contributed by atoms with Crippen LogP contribution in [0.3, 0.4) is 0 Å². The number of nitrogens with one attached hydrogen (secondary N) is 1. The summed E-state index contributed by atoms with van der Waals surface area (Å²) in [6.07, 6.45) is -0.574. The second-order valence-corrected chi connectivity index (χ2v) is 5.78. The standard InChI is InChI=1S/C19H23NO9/c1-4-27-15(22)10-14(19(26)28-5-2)16(18(24)25)20-17(23)12-6-8-13(9-7-12)29-11(3)21/h6-9,14,16H,4-5,10H2,1-3H3,(H,20,23)(H,24,25)/t14-,16-/m0/s1. The maximum atomic E-state index is 12.4. The van der Waals surface area contributed by atoms with Gasteiger partial charge < -0.3 is 24.6 Å². The molecule has 0 bridgehead atoms. The first-order valence-electron chi connectivity index (χ1n) is 8.83. The Morgan fingerprint density at radius 3 is 2.07 bits per heavy atom. The van der Waals surface area contributed by atoms with Crippen LogP contribution < -0.4 is 10.1 Å². The first-order chi connectivity index (χ1) is 13.7. The highest BCUT2D eigenvalue weighted by Crippen LogP contribution is 2.16. The summed E-state index contributed by atoms with van der Waals surface area (Å²) in [4.78, 5) is 59.1. The van der Waals surface area contributed by atoms with Gasteiger partial charge in [0.1, 0.15) is 11.8 Å². The first-order valence-corrected chi connectivity index (χ1v) is 8.83. The lowest BCUT2D eigenvalue weighted by Crippen LogP contribution is -2.49. The predicted molar refractivity (Wildman–Crippen MR) is 98.0 cm³/mol. The van der Waals surface area contributed by atoms with Crippen LogP contribution in [0.5, 0.6) is 5.75 Å². The number of carboxylic acids is 1. The third-order valence-corrected chi connectivity index (χ3v) is 3.61. The molecule has 2 atom stereocenters. The van der Waals surface area contributed by atoms with Gasteiger partial charge in [-0.1, -0.05) is 0 Å². The van der Waals surface area contributed by atoms with E-state index in [1.54, 1.807) is 6.92 Å². The normalized spacial score (nSPS) is 12.2. The Morgan fingerprint density at radius 1 is 1.00 bits per heavy atom. The van der Waals surface area contributed by atoms with Crippen LogP contribution in [0.15, 0.2) is 24.3 Å². The summed E-state index contributed by atoms with van der Waals surface area (Å²) in [5.74, 6) is -5.87. The Labute approximate surface area is 167 Å². The lowest BCUT2D eigenvalue weighted by Gasteiger charge is -2.22. The molecule has 0 radical (unpaired) electrons. The van der Waals surface area contributed by atoms with Crippen LogP contribution in [-0.4, -0.2) is 54.1 Å². The molecule has 1 aromatic rings. The number of amides is 1. The van der Waals surface area contributed by atoms with Crippen LogP contribution in [0, 0.1) is 5.92 Å². The van der Waals surface area contributed by atoms with Crippen molar-refractivity contribution in [2.75, 3.05) is 13.2 Å². The zero-order valence-electron chi connectivity index (χ0n) is 16.3. The molecule has 158 valence electrons. The fraction of sp³-hybridized carbons (Fsp3) is 0.421. The molecule has 1 amide bonds. The molecular weight excluding hydrogens is 386 g/mol.